The predicted octanol–water partition coefficient (Wildman–Crippen LogP) is 7.04. The fourth-order valence-electron chi connectivity index (χ4n) is 3.47. The molecule has 0 aliphatic carbocycles. The number of aryl methyl sites for hydroxylation is 1. The first-order chi connectivity index (χ1) is 14.9. The van der Waals surface area contributed by atoms with Crippen molar-refractivity contribution in [2.75, 3.05) is 10.6 Å². The van der Waals surface area contributed by atoms with Crippen LogP contribution in [0.3, 0.4) is 0 Å². The van der Waals surface area contributed by atoms with E-state index in [1.807, 2.05) is 43.3 Å². The number of anilines is 2. The maximum Gasteiger partial charge on any atom is 0.339 e. The summed E-state index contributed by atoms with van der Waals surface area (Å²) >= 11 is 18.0. The molecule has 0 saturated carbocycles. The van der Waals surface area contributed by atoms with E-state index >= 15 is 0 Å². The zero-order chi connectivity index (χ0) is 22.0. The van der Waals surface area contributed by atoms with Gasteiger partial charge >= 0.3 is 6.03 Å². The van der Waals surface area contributed by atoms with Gasteiger partial charge in [-0.3, -0.25) is 0 Å². The third kappa shape index (κ3) is 5.31. The minimum Gasteiger partial charge on any atom is -0.377 e. The molecule has 1 heterocycles. The number of hydrogen-bond acceptors (Lipinski definition) is 3. The van der Waals surface area contributed by atoms with Crippen LogP contribution in [0.5, 0.6) is 0 Å². The van der Waals surface area contributed by atoms with Crippen molar-refractivity contribution in [3.05, 3.63) is 92.4 Å². The van der Waals surface area contributed by atoms with Crippen LogP contribution in [0.15, 0.2) is 65.8 Å². The molecule has 8 heteroatoms. The molecule has 0 saturated heterocycles. The van der Waals surface area contributed by atoms with Crippen molar-refractivity contribution in [2.24, 2.45) is 5.10 Å². The molecule has 0 fully saturated rings. The lowest BCUT2D eigenvalue weighted by molar-refractivity contribution is 0.252. The van der Waals surface area contributed by atoms with Crippen LogP contribution in [0.4, 0.5) is 16.2 Å². The molecule has 3 N–H and O–H groups in total. The van der Waals surface area contributed by atoms with Crippen LogP contribution in [0, 0.1) is 6.92 Å². The quantitative estimate of drug-likeness (QED) is 0.357. The van der Waals surface area contributed by atoms with Crippen molar-refractivity contribution in [1.82, 2.24) is 5.43 Å². The van der Waals surface area contributed by atoms with Gasteiger partial charge in [-0.25, -0.2) is 10.2 Å². The van der Waals surface area contributed by atoms with Crippen molar-refractivity contribution in [3.8, 4) is 0 Å². The van der Waals surface area contributed by atoms with E-state index < -0.39 is 6.03 Å². The average molecular weight is 474 g/mol. The highest BCUT2D eigenvalue weighted by atomic mass is 35.5. The predicted molar refractivity (Wildman–Crippen MR) is 129 cm³/mol. The highest BCUT2D eigenvalue weighted by Gasteiger charge is 2.24. The monoisotopic (exact) mass is 472 g/mol. The molecule has 0 aromatic heterocycles. The van der Waals surface area contributed by atoms with Crippen LogP contribution in [-0.4, -0.2) is 11.7 Å². The Morgan fingerprint density at radius 2 is 1.68 bits per heavy atom. The first kappa shape index (κ1) is 21.5. The molecule has 1 aliphatic heterocycles. The van der Waals surface area contributed by atoms with Crippen LogP contribution in [0.25, 0.3) is 0 Å². The highest BCUT2D eigenvalue weighted by molar-refractivity contribution is 6.35. The summed E-state index contributed by atoms with van der Waals surface area (Å²) in [5.41, 5.74) is 7.95. The summed E-state index contributed by atoms with van der Waals surface area (Å²) in [6.45, 7) is 2.02. The second-order valence-electron chi connectivity index (χ2n) is 7.28. The van der Waals surface area contributed by atoms with Gasteiger partial charge < -0.3 is 10.6 Å². The van der Waals surface area contributed by atoms with E-state index in [-0.39, 0.29) is 6.04 Å². The molecule has 1 unspecified atom stereocenters. The molecule has 4 rings (SSSR count). The number of hydrogen-bond donors (Lipinski definition) is 3. The molecule has 3 aromatic carbocycles. The number of nitrogens with one attached hydrogen (secondary N) is 3. The molecular weight excluding hydrogens is 455 g/mol. The zero-order valence-electron chi connectivity index (χ0n) is 16.5. The van der Waals surface area contributed by atoms with Gasteiger partial charge in [0.15, 0.2) is 0 Å². The molecule has 0 radical (unpaired) electrons. The summed E-state index contributed by atoms with van der Waals surface area (Å²) in [4.78, 5) is 12.4. The Morgan fingerprint density at radius 1 is 0.968 bits per heavy atom. The van der Waals surface area contributed by atoms with Gasteiger partial charge in [-0.1, -0.05) is 58.6 Å². The Kier molecular flexibility index (Phi) is 6.37. The summed E-state index contributed by atoms with van der Waals surface area (Å²) in [5, 5.41) is 12.2. The molecular formula is C23H19Cl3N4O. The number of fused-ring (bicyclic) bond motifs is 1. The molecule has 0 bridgehead atoms. The van der Waals surface area contributed by atoms with Crippen LogP contribution in [0.2, 0.25) is 15.1 Å². The number of amides is 2. The van der Waals surface area contributed by atoms with Gasteiger partial charge in [-0.05, 0) is 55.0 Å². The second kappa shape index (κ2) is 9.18. The summed E-state index contributed by atoms with van der Waals surface area (Å²) < 4.78 is 0. The molecule has 3 aromatic rings. The first-order valence-electron chi connectivity index (χ1n) is 9.60. The fraction of sp³-hybridized carbons (Fsp3) is 0.130. The van der Waals surface area contributed by atoms with E-state index in [1.54, 1.807) is 18.2 Å². The Balaban J connectivity index is 1.57. The minimum absolute atomic E-state index is 0.00261. The average Bonchev–Trinajstić information content (AvgIpc) is 2.72. The van der Waals surface area contributed by atoms with E-state index in [1.165, 1.54) is 0 Å². The fourth-order valence-corrected chi connectivity index (χ4v) is 4.12. The maximum atomic E-state index is 12.4. The Labute approximate surface area is 195 Å². The summed E-state index contributed by atoms with van der Waals surface area (Å²) in [6, 6.07) is 18.1. The van der Waals surface area contributed by atoms with Gasteiger partial charge in [0.1, 0.15) is 0 Å². The minimum atomic E-state index is -0.485. The Bertz CT molecular complexity index is 1140. The lowest BCUT2D eigenvalue weighted by Crippen LogP contribution is -2.29. The maximum absolute atomic E-state index is 12.4. The van der Waals surface area contributed by atoms with Gasteiger partial charge in [0.05, 0.1) is 11.8 Å². The van der Waals surface area contributed by atoms with E-state index in [4.69, 9.17) is 34.8 Å². The Hall–Kier alpha value is -2.73. The van der Waals surface area contributed by atoms with E-state index in [0.29, 0.717) is 27.2 Å². The zero-order valence-corrected chi connectivity index (χ0v) is 18.8. The van der Waals surface area contributed by atoms with Crippen molar-refractivity contribution in [1.29, 1.82) is 0 Å². The largest absolute Gasteiger partial charge is 0.377 e. The molecule has 2 amide bonds. The third-order valence-electron chi connectivity index (χ3n) is 4.90. The van der Waals surface area contributed by atoms with Crippen molar-refractivity contribution in [3.63, 3.8) is 0 Å². The summed E-state index contributed by atoms with van der Waals surface area (Å²) in [7, 11) is 0. The summed E-state index contributed by atoms with van der Waals surface area (Å²) in [5.74, 6) is 0. The van der Waals surface area contributed by atoms with E-state index in [9.17, 15) is 4.79 Å². The smallest absolute Gasteiger partial charge is 0.339 e. The van der Waals surface area contributed by atoms with Crippen LogP contribution in [-0.2, 0) is 0 Å². The molecule has 1 aliphatic rings. The lowest BCUT2D eigenvalue weighted by Gasteiger charge is -2.29. The van der Waals surface area contributed by atoms with Crippen LogP contribution >= 0.6 is 34.8 Å². The number of halogens is 3. The second-order valence-corrected chi connectivity index (χ2v) is 8.59. The highest BCUT2D eigenvalue weighted by Crippen LogP contribution is 2.34. The molecule has 5 nitrogen and oxygen atoms in total. The van der Waals surface area contributed by atoms with Crippen LogP contribution in [0.1, 0.15) is 29.2 Å². The topological polar surface area (TPSA) is 65.5 Å². The summed E-state index contributed by atoms with van der Waals surface area (Å²) in [6.07, 6.45) is 0.599. The standard InChI is InChI=1S/C23H19Cl3N4O/c1-13-2-7-20-19(8-13)22(12-21(28-20)14-3-5-15(24)6-4-14)29-30-23(31)27-18-10-16(25)9-17(26)11-18/h2-11,21,28H,12H2,1H3,(H2,27,30,31). The first-order valence-corrected chi connectivity index (χ1v) is 10.7. The van der Waals surface area contributed by atoms with Gasteiger partial charge in [0.25, 0.3) is 0 Å². The van der Waals surface area contributed by atoms with E-state index in [0.717, 1.165) is 28.1 Å². The molecule has 158 valence electrons. The number of nitrogens with zero attached hydrogens (tertiary/aromatic N) is 1. The van der Waals surface area contributed by atoms with Crippen molar-refractivity contribution >= 4 is 57.9 Å². The molecule has 1 atom stereocenters. The number of carbonyl (C=O) groups is 1. The lowest BCUT2D eigenvalue weighted by atomic mass is 9.91. The van der Waals surface area contributed by atoms with Crippen molar-refractivity contribution < 1.29 is 4.79 Å². The van der Waals surface area contributed by atoms with Crippen LogP contribution < -0.4 is 16.1 Å². The number of urea groups is 1. The number of benzene rings is 3. The van der Waals surface area contributed by atoms with Gasteiger partial charge in [0, 0.05) is 38.4 Å². The SMILES string of the molecule is Cc1ccc2c(c1)C(=NNC(=O)Nc1cc(Cl)cc(Cl)c1)CC(c1ccc(Cl)cc1)N2. The molecule has 0 spiro atoms. The van der Waals surface area contributed by atoms with E-state index in [2.05, 4.69) is 27.2 Å². The number of hydrazone groups is 1. The van der Waals surface area contributed by atoms with Gasteiger partial charge in [0.2, 0.25) is 0 Å². The normalized spacial score (nSPS) is 16.4. The Morgan fingerprint density at radius 3 is 2.39 bits per heavy atom. The number of rotatable bonds is 3. The van der Waals surface area contributed by atoms with Gasteiger partial charge in [-0.2, -0.15) is 5.10 Å². The third-order valence-corrected chi connectivity index (χ3v) is 5.59. The number of carbonyl (C=O) groups excluding carboxylic acids is 1. The van der Waals surface area contributed by atoms with Crippen molar-refractivity contribution in [2.45, 2.75) is 19.4 Å². The molecule has 31 heavy (non-hydrogen) atoms. The van der Waals surface area contributed by atoms with Gasteiger partial charge in [-0.15, -0.1) is 0 Å².